The van der Waals surface area contributed by atoms with Crippen LogP contribution >= 0.6 is 28.3 Å². The fraction of sp³-hybridized carbons (Fsp3) is 0.462. The van der Waals surface area contributed by atoms with E-state index in [9.17, 15) is 4.79 Å². The van der Waals surface area contributed by atoms with Crippen LogP contribution in [0.25, 0.3) is 0 Å². The van der Waals surface area contributed by atoms with Crippen LogP contribution in [-0.4, -0.2) is 31.7 Å². The lowest BCUT2D eigenvalue weighted by Gasteiger charge is -2.23. The third-order valence-electron chi connectivity index (χ3n) is 2.82. The third-order valence-corrected chi connectivity index (χ3v) is 3.35. The average Bonchev–Trinajstić information content (AvgIpc) is 2.39. The first-order chi connectivity index (χ1) is 8.74. The van der Waals surface area contributed by atoms with Crippen LogP contribution in [0, 0.1) is 0 Å². The fourth-order valence-corrected chi connectivity index (χ4v) is 2.10. The zero-order chi connectivity index (χ0) is 12.8. The second-order valence-corrected chi connectivity index (χ2v) is 5.22. The maximum absolute atomic E-state index is 11.7. The Morgan fingerprint density at radius 1 is 1.42 bits per heavy atom. The summed E-state index contributed by atoms with van der Waals surface area (Å²) in [5, 5.41) is 6.11. The summed E-state index contributed by atoms with van der Waals surface area (Å²) in [5.74, 6) is 0.0339. The number of rotatable bonds is 4. The van der Waals surface area contributed by atoms with Gasteiger partial charge in [-0.1, -0.05) is 28.1 Å². The zero-order valence-electron chi connectivity index (χ0n) is 10.5. The van der Waals surface area contributed by atoms with Crippen LogP contribution in [0.2, 0.25) is 0 Å². The first-order valence-corrected chi connectivity index (χ1v) is 6.87. The van der Waals surface area contributed by atoms with Crippen molar-refractivity contribution in [3.63, 3.8) is 0 Å². The van der Waals surface area contributed by atoms with Crippen molar-refractivity contribution in [1.29, 1.82) is 0 Å². The molecule has 1 amide bonds. The van der Waals surface area contributed by atoms with Gasteiger partial charge < -0.3 is 15.4 Å². The summed E-state index contributed by atoms with van der Waals surface area (Å²) in [7, 11) is 0. The number of morpholine rings is 1. The number of hydrogen-bond donors (Lipinski definition) is 2. The Bertz CT molecular complexity index is 394. The van der Waals surface area contributed by atoms with E-state index in [4.69, 9.17) is 4.74 Å². The van der Waals surface area contributed by atoms with Gasteiger partial charge in [0.05, 0.1) is 19.1 Å². The van der Waals surface area contributed by atoms with E-state index < -0.39 is 0 Å². The predicted molar refractivity (Wildman–Crippen MR) is 80.5 cm³/mol. The largest absolute Gasteiger partial charge is 0.375 e. The van der Waals surface area contributed by atoms with Crippen molar-refractivity contribution in [2.24, 2.45) is 0 Å². The number of halogens is 2. The number of nitrogens with one attached hydrogen (secondary N) is 2. The molecule has 0 spiro atoms. The summed E-state index contributed by atoms with van der Waals surface area (Å²) in [4.78, 5) is 11.7. The van der Waals surface area contributed by atoms with Crippen LogP contribution < -0.4 is 10.6 Å². The maximum Gasteiger partial charge on any atom is 0.222 e. The van der Waals surface area contributed by atoms with Gasteiger partial charge >= 0.3 is 0 Å². The highest BCUT2D eigenvalue weighted by Crippen LogP contribution is 2.10. The second-order valence-electron chi connectivity index (χ2n) is 4.30. The van der Waals surface area contributed by atoms with Gasteiger partial charge in [-0.3, -0.25) is 4.79 Å². The molecule has 1 aliphatic heterocycles. The highest BCUT2D eigenvalue weighted by Gasteiger charge is 2.16. The van der Waals surface area contributed by atoms with Gasteiger partial charge in [0.1, 0.15) is 0 Å². The molecule has 0 saturated carbocycles. The first-order valence-electron chi connectivity index (χ1n) is 6.07. The van der Waals surface area contributed by atoms with Crippen LogP contribution in [0.5, 0.6) is 0 Å². The highest BCUT2D eigenvalue weighted by atomic mass is 79.9. The molecular formula is C13H18BrClN2O2. The normalized spacial score (nSPS) is 18.5. The van der Waals surface area contributed by atoms with Gasteiger partial charge in [-0.05, 0) is 17.7 Å². The summed E-state index contributed by atoms with van der Waals surface area (Å²) in [6.45, 7) is 2.87. The van der Waals surface area contributed by atoms with E-state index in [1.807, 2.05) is 24.3 Å². The minimum absolute atomic E-state index is 0. The van der Waals surface area contributed by atoms with Crippen molar-refractivity contribution in [3.05, 3.63) is 34.3 Å². The smallest absolute Gasteiger partial charge is 0.222 e. The molecule has 0 aromatic heterocycles. The van der Waals surface area contributed by atoms with Crippen LogP contribution in [0.1, 0.15) is 12.0 Å². The number of benzene rings is 1. The summed E-state index contributed by atoms with van der Waals surface area (Å²) in [6, 6.07) is 7.91. The Hall–Kier alpha value is -0.620. The molecule has 1 aliphatic rings. The van der Waals surface area contributed by atoms with Gasteiger partial charge in [-0.2, -0.15) is 0 Å². The van der Waals surface area contributed by atoms with Crippen molar-refractivity contribution >= 4 is 34.2 Å². The van der Waals surface area contributed by atoms with E-state index in [1.54, 1.807) is 0 Å². The van der Waals surface area contributed by atoms with Crippen molar-refractivity contribution in [1.82, 2.24) is 10.6 Å². The molecule has 4 nitrogen and oxygen atoms in total. The van der Waals surface area contributed by atoms with E-state index >= 15 is 0 Å². The van der Waals surface area contributed by atoms with E-state index in [0.29, 0.717) is 19.6 Å². The predicted octanol–water partition coefficient (Wildman–Crippen LogP) is 1.87. The lowest BCUT2D eigenvalue weighted by Crippen LogP contribution is -2.41. The molecule has 1 heterocycles. The summed E-state index contributed by atoms with van der Waals surface area (Å²) >= 11 is 3.38. The maximum atomic E-state index is 11.7. The summed E-state index contributed by atoms with van der Waals surface area (Å²) < 4.78 is 6.53. The Morgan fingerprint density at radius 2 is 2.16 bits per heavy atom. The van der Waals surface area contributed by atoms with Crippen LogP contribution in [0.3, 0.4) is 0 Å². The van der Waals surface area contributed by atoms with Gasteiger partial charge in [0.25, 0.3) is 0 Å². The van der Waals surface area contributed by atoms with Crippen LogP contribution in [-0.2, 0) is 16.1 Å². The molecule has 1 unspecified atom stereocenters. The SMILES string of the molecule is Cl.O=C(CC1CNCCO1)NCc1ccc(Br)cc1. The first kappa shape index (κ1) is 16.4. The molecule has 2 rings (SSSR count). The van der Waals surface area contributed by atoms with Crippen molar-refractivity contribution in [3.8, 4) is 0 Å². The molecule has 1 atom stereocenters. The molecule has 1 aromatic rings. The average molecular weight is 350 g/mol. The minimum atomic E-state index is 0. The molecule has 1 aromatic carbocycles. The Labute approximate surface area is 127 Å². The van der Waals surface area contributed by atoms with Crippen molar-refractivity contribution in [2.75, 3.05) is 19.7 Å². The standard InChI is InChI=1S/C13H17BrN2O2.ClH/c14-11-3-1-10(2-4-11)8-16-13(17)7-12-9-15-5-6-18-12;/h1-4,12,15H,5-9H2,(H,16,17);1H. The monoisotopic (exact) mass is 348 g/mol. The van der Waals surface area contributed by atoms with E-state index in [2.05, 4.69) is 26.6 Å². The number of amides is 1. The van der Waals surface area contributed by atoms with Crippen molar-refractivity contribution in [2.45, 2.75) is 19.1 Å². The molecule has 2 N–H and O–H groups in total. The van der Waals surface area contributed by atoms with E-state index in [0.717, 1.165) is 23.1 Å². The Balaban J connectivity index is 0.00000180. The van der Waals surface area contributed by atoms with Gasteiger partial charge in [0.2, 0.25) is 5.91 Å². The molecular weight excluding hydrogens is 332 g/mol. The molecule has 0 aliphatic carbocycles. The van der Waals surface area contributed by atoms with Gasteiger partial charge in [-0.25, -0.2) is 0 Å². The minimum Gasteiger partial charge on any atom is -0.375 e. The summed E-state index contributed by atoms with van der Waals surface area (Å²) in [6.07, 6.45) is 0.424. The topological polar surface area (TPSA) is 50.4 Å². The molecule has 6 heteroatoms. The molecule has 0 bridgehead atoms. The number of ether oxygens (including phenoxy) is 1. The summed E-state index contributed by atoms with van der Waals surface area (Å²) in [5.41, 5.74) is 1.09. The van der Waals surface area contributed by atoms with Gasteiger partial charge in [0, 0.05) is 24.1 Å². The second kappa shape index (κ2) is 8.53. The van der Waals surface area contributed by atoms with Crippen LogP contribution in [0.4, 0.5) is 0 Å². The quantitative estimate of drug-likeness (QED) is 0.872. The zero-order valence-corrected chi connectivity index (χ0v) is 12.9. The molecule has 19 heavy (non-hydrogen) atoms. The van der Waals surface area contributed by atoms with Gasteiger partial charge in [0.15, 0.2) is 0 Å². The molecule has 0 radical (unpaired) electrons. The third kappa shape index (κ3) is 5.91. The Kier molecular flexibility index (Phi) is 7.38. The fourth-order valence-electron chi connectivity index (χ4n) is 1.83. The number of hydrogen-bond acceptors (Lipinski definition) is 3. The van der Waals surface area contributed by atoms with E-state index in [-0.39, 0.29) is 24.4 Å². The Morgan fingerprint density at radius 3 is 2.79 bits per heavy atom. The molecule has 1 fully saturated rings. The van der Waals surface area contributed by atoms with Crippen LogP contribution in [0.15, 0.2) is 28.7 Å². The number of carbonyl (C=O) groups excluding carboxylic acids is 1. The van der Waals surface area contributed by atoms with Crippen molar-refractivity contribution < 1.29 is 9.53 Å². The highest BCUT2D eigenvalue weighted by molar-refractivity contribution is 9.10. The lowest BCUT2D eigenvalue weighted by atomic mass is 10.2. The van der Waals surface area contributed by atoms with Gasteiger partial charge in [-0.15, -0.1) is 12.4 Å². The molecule has 1 saturated heterocycles. The van der Waals surface area contributed by atoms with E-state index in [1.165, 1.54) is 0 Å². The molecule has 106 valence electrons. The number of carbonyl (C=O) groups is 1. The lowest BCUT2D eigenvalue weighted by molar-refractivity contribution is -0.124.